The van der Waals surface area contributed by atoms with E-state index < -0.39 is 19.0 Å². The molecule has 2 unspecified atom stereocenters. The van der Waals surface area contributed by atoms with Crippen LogP contribution in [0.4, 0.5) is 0 Å². The third kappa shape index (κ3) is 18.4. The van der Waals surface area contributed by atoms with Crippen molar-refractivity contribution in [3.63, 3.8) is 0 Å². The molecule has 0 heterocycles. The molecule has 2 atom stereocenters. The fourth-order valence-electron chi connectivity index (χ4n) is 3.06. The summed E-state index contributed by atoms with van der Waals surface area (Å²) in [5.41, 5.74) is 0. The lowest BCUT2D eigenvalue weighted by atomic mass is 10.0. The van der Waals surface area contributed by atoms with Crippen molar-refractivity contribution >= 4 is 0 Å². The molecule has 0 aromatic heterocycles. The van der Waals surface area contributed by atoms with Gasteiger partial charge in [0.15, 0.2) is 6.29 Å². The van der Waals surface area contributed by atoms with Gasteiger partial charge in [0.1, 0.15) is 6.10 Å². The monoisotopic (exact) mass is 360 g/mol. The molecule has 0 saturated carbocycles. The number of unbranched alkanes of at least 4 members (excludes halogenated alkanes) is 15. The first-order valence-electron chi connectivity index (χ1n) is 10.8. The Balaban J connectivity index is 3.07. The predicted molar refractivity (Wildman–Crippen MR) is 105 cm³/mol. The highest BCUT2D eigenvalue weighted by atomic mass is 16.6. The number of aliphatic hydroxyl groups is 3. The molecular weight excluding hydrogens is 316 g/mol. The molecule has 4 nitrogen and oxygen atoms in total. The van der Waals surface area contributed by atoms with E-state index in [0.29, 0.717) is 6.61 Å². The molecule has 0 rings (SSSR count). The Hall–Kier alpha value is -0.160. The van der Waals surface area contributed by atoms with Gasteiger partial charge in [-0.05, 0) is 6.42 Å². The molecule has 0 fully saturated rings. The number of ether oxygens (including phenoxy) is 1. The Morgan fingerprint density at radius 2 is 0.960 bits per heavy atom. The molecule has 25 heavy (non-hydrogen) atoms. The number of aliphatic hydroxyl groups excluding tert-OH is 3. The van der Waals surface area contributed by atoms with E-state index in [4.69, 9.17) is 14.9 Å². The van der Waals surface area contributed by atoms with Gasteiger partial charge >= 0.3 is 0 Å². The van der Waals surface area contributed by atoms with Crippen LogP contribution in [-0.4, -0.2) is 40.9 Å². The van der Waals surface area contributed by atoms with Gasteiger partial charge < -0.3 is 20.1 Å². The Morgan fingerprint density at radius 1 is 0.600 bits per heavy atom. The van der Waals surface area contributed by atoms with Crippen molar-refractivity contribution in [3.05, 3.63) is 0 Å². The molecule has 0 bridgehead atoms. The molecular formula is C21H44O4. The van der Waals surface area contributed by atoms with Gasteiger partial charge in [0, 0.05) is 6.61 Å². The van der Waals surface area contributed by atoms with E-state index in [1.165, 1.54) is 89.9 Å². The number of hydrogen-bond donors (Lipinski definition) is 3. The molecule has 0 spiro atoms. The molecule has 3 N–H and O–H groups in total. The summed E-state index contributed by atoms with van der Waals surface area (Å²) >= 11 is 0. The van der Waals surface area contributed by atoms with Crippen molar-refractivity contribution in [2.24, 2.45) is 0 Å². The Labute approximate surface area is 156 Å². The molecule has 0 amide bonds. The average Bonchev–Trinajstić information content (AvgIpc) is 2.63. The molecule has 0 aromatic rings. The average molecular weight is 361 g/mol. The first-order chi connectivity index (χ1) is 12.2. The molecule has 0 radical (unpaired) electrons. The van der Waals surface area contributed by atoms with E-state index in [1.807, 2.05) is 0 Å². The van der Waals surface area contributed by atoms with Gasteiger partial charge in [0.05, 0.1) is 6.61 Å². The first kappa shape index (κ1) is 24.8. The molecule has 4 heteroatoms. The van der Waals surface area contributed by atoms with Crippen molar-refractivity contribution in [1.82, 2.24) is 0 Å². The Morgan fingerprint density at radius 3 is 1.32 bits per heavy atom. The van der Waals surface area contributed by atoms with Crippen LogP contribution in [0.25, 0.3) is 0 Å². The lowest BCUT2D eigenvalue weighted by Gasteiger charge is -2.15. The summed E-state index contributed by atoms with van der Waals surface area (Å²) in [6.45, 7) is 2.24. The van der Waals surface area contributed by atoms with Gasteiger partial charge in [-0.15, -0.1) is 0 Å². The van der Waals surface area contributed by atoms with E-state index in [0.717, 1.165) is 12.8 Å². The summed E-state index contributed by atoms with van der Waals surface area (Å²) in [6, 6.07) is 0. The lowest BCUT2D eigenvalue weighted by Crippen LogP contribution is -2.31. The van der Waals surface area contributed by atoms with Gasteiger partial charge in [-0.2, -0.15) is 0 Å². The number of rotatable bonds is 20. The van der Waals surface area contributed by atoms with Crippen molar-refractivity contribution < 1.29 is 20.1 Å². The summed E-state index contributed by atoms with van der Waals surface area (Å²) in [5, 5.41) is 27.1. The third-order valence-corrected chi connectivity index (χ3v) is 4.80. The molecule has 0 aliphatic heterocycles. The van der Waals surface area contributed by atoms with E-state index in [2.05, 4.69) is 6.92 Å². The lowest BCUT2D eigenvalue weighted by molar-refractivity contribution is -0.171. The molecule has 0 aromatic carbocycles. The maximum Gasteiger partial charge on any atom is 0.183 e. The summed E-state index contributed by atoms with van der Waals surface area (Å²) in [4.78, 5) is 0. The second-order valence-electron chi connectivity index (χ2n) is 7.31. The van der Waals surface area contributed by atoms with Crippen molar-refractivity contribution in [3.8, 4) is 0 Å². The van der Waals surface area contributed by atoms with Crippen LogP contribution in [0.15, 0.2) is 0 Å². The highest BCUT2D eigenvalue weighted by Gasteiger charge is 2.14. The zero-order chi connectivity index (χ0) is 18.6. The summed E-state index contributed by atoms with van der Waals surface area (Å²) < 4.78 is 5.06. The van der Waals surface area contributed by atoms with E-state index in [-0.39, 0.29) is 0 Å². The minimum Gasteiger partial charge on any atom is -0.393 e. The van der Waals surface area contributed by atoms with Gasteiger partial charge in [-0.1, -0.05) is 103 Å². The standard InChI is InChI=1S/C21H44O4/c1-2-3-4-5-6-7-8-9-10-11-12-13-14-15-16-17-18-25-21(24)20(23)19-22/h20-24H,2-19H2,1H3. The number of hydrogen-bond acceptors (Lipinski definition) is 4. The van der Waals surface area contributed by atoms with Crippen LogP contribution in [0.2, 0.25) is 0 Å². The third-order valence-electron chi connectivity index (χ3n) is 4.80. The van der Waals surface area contributed by atoms with E-state index in [9.17, 15) is 5.11 Å². The van der Waals surface area contributed by atoms with Crippen molar-refractivity contribution in [2.75, 3.05) is 13.2 Å². The van der Waals surface area contributed by atoms with Crippen LogP contribution in [0.5, 0.6) is 0 Å². The van der Waals surface area contributed by atoms with Gasteiger partial charge in [-0.25, -0.2) is 0 Å². The van der Waals surface area contributed by atoms with Crippen LogP contribution in [0, 0.1) is 0 Å². The van der Waals surface area contributed by atoms with E-state index in [1.54, 1.807) is 0 Å². The van der Waals surface area contributed by atoms with Crippen LogP contribution >= 0.6 is 0 Å². The normalized spacial score (nSPS) is 13.9. The first-order valence-corrected chi connectivity index (χ1v) is 10.8. The fourth-order valence-corrected chi connectivity index (χ4v) is 3.06. The molecule has 0 saturated heterocycles. The quantitative estimate of drug-likeness (QED) is 0.212. The SMILES string of the molecule is CCCCCCCCCCCCCCCCCCOC(O)C(O)CO. The van der Waals surface area contributed by atoms with Gasteiger partial charge in [-0.3, -0.25) is 0 Å². The maximum absolute atomic E-state index is 9.31. The zero-order valence-electron chi connectivity index (χ0n) is 16.6. The second-order valence-corrected chi connectivity index (χ2v) is 7.31. The smallest absolute Gasteiger partial charge is 0.183 e. The van der Waals surface area contributed by atoms with Gasteiger partial charge in [0.2, 0.25) is 0 Å². The van der Waals surface area contributed by atoms with Crippen molar-refractivity contribution in [2.45, 2.75) is 122 Å². The largest absolute Gasteiger partial charge is 0.393 e. The summed E-state index contributed by atoms with van der Waals surface area (Å²) in [6.07, 6.45) is 18.8. The molecule has 0 aliphatic rings. The minimum atomic E-state index is -1.26. The predicted octanol–water partition coefficient (Wildman–Crippen LogP) is 4.94. The highest BCUT2D eigenvalue weighted by molar-refractivity contribution is 4.55. The highest BCUT2D eigenvalue weighted by Crippen LogP contribution is 2.13. The maximum atomic E-state index is 9.31. The summed E-state index contributed by atoms with van der Waals surface area (Å²) in [5.74, 6) is 0. The zero-order valence-corrected chi connectivity index (χ0v) is 16.6. The fraction of sp³-hybridized carbons (Fsp3) is 1.00. The van der Waals surface area contributed by atoms with Crippen LogP contribution < -0.4 is 0 Å². The van der Waals surface area contributed by atoms with Crippen molar-refractivity contribution in [1.29, 1.82) is 0 Å². The molecule has 152 valence electrons. The van der Waals surface area contributed by atoms with Crippen LogP contribution in [0.1, 0.15) is 110 Å². The Kier molecular flexibility index (Phi) is 20.0. The van der Waals surface area contributed by atoms with E-state index >= 15 is 0 Å². The minimum absolute atomic E-state index is 0.441. The summed E-state index contributed by atoms with van der Waals surface area (Å²) in [7, 11) is 0. The van der Waals surface area contributed by atoms with Gasteiger partial charge in [0.25, 0.3) is 0 Å². The molecule has 0 aliphatic carbocycles. The second kappa shape index (κ2) is 20.2. The Bertz CT molecular complexity index is 248. The van der Waals surface area contributed by atoms with Crippen LogP contribution in [-0.2, 0) is 4.74 Å². The van der Waals surface area contributed by atoms with Crippen LogP contribution in [0.3, 0.4) is 0 Å². The topological polar surface area (TPSA) is 69.9 Å².